The number of carbonyl (C=O) groups is 2. The van der Waals surface area contributed by atoms with Crippen LogP contribution in [0.3, 0.4) is 0 Å². The highest BCUT2D eigenvalue weighted by Gasteiger charge is 2.21. The predicted octanol–water partition coefficient (Wildman–Crippen LogP) is 3.83. The Morgan fingerprint density at radius 1 is 1.14 bits per heavy atom. The van der Waals surface area contributed by atoms with Crippen LogP contribution in [-0.4, -0.2) is 32.2 Å². The van der Waals surface area contributed by atoms with Crippen LogP contribution in [0.2, 0.25) is 5.02 Å². The SMILES string of the molecule is COc1ccc(/C=C(\C#N)C(=O)O[C@H](C)C(=O)Nc2cc(Cl)ccc2OC)cc1. The van der Waals surface area contributed by atoms with Crippen molar-refractivity contribution in [2.45, 2.75) is 13.0 Å². The molecule has 0 aliphatic heterocycles. The van der Waals surface area contributed by atoms with Gasteiger partial charge in [0.1, 0.15) is 23.1 Å². The van der Waals surface area contributed by atoms with Crippen LogP contribution in [0, 0.1) is 11.3 Å². The predicted molar refractivity (Wildman–Crippen MR) is 109 cm³/mol. The Bertz CT molecular complexity index is 964. The molecule has 0 fully saturated rings. The van der Waals surface area contributed by atoms with Gasteiger partial charge < -0.3 is 19.5 Å². The molecule has 8 heteroatoms. The highest BCUT2D eigenvalue weighted by Crippen LogP contribution is 2.28. The van der Waals surface area contributed by atoms with Gasteiger partial charge in [-0.3, -0.25) is 4.79 Å². The van der Waals surface area contributed by atoms with E-state index in [-0.39, 0.29) is 5.57 Å². The largest absolute Gasteiger partial charge is 0.497 e. The number of ether oxygens (including phenoxy) is 3. The first-order valence-corrected chi connectivity index (χ1v) is 8.87. The van der Waals surface area contributed by atoms with Crippen molar-refractivity contribution in [1.82, 2.24) is 0 Å². The summed E-state index contributed by atoms with van der Waals surface area (Å²) in [5, 5.41) is 12.3. The number of rotatable bonds is 7. The van der Waals surface area contributed by atoms with E-state index in [1.807, 2.05) is 0 Å². The lowest BCUT2D eigenvalue weighted by Crippen LogP contribution is -2.30. The summed E-state index contributed by atoms with van der Waals surface area (Å²) in [6, 6.07) is 13.3. The van der Waals surface area contributed by atoms with E-state index >= 15 is 0 Å². The Hall–Kier alpha value is -3.50. The Kier molecular flexibility index (Phi) is 7.63. The van der Waals surface area contributed by atoms with Gasteiger partial charge in [-0.05, 0) is 48.9 Å². The van der Waals surface area contributed by atoms with Crippen LogP contribution in [0.1, 0.15) is 12.5 Å². The molecular weight excluding hydrogens is 396 g/mol. The molecule has 0 spiro atoms. The molecule has 1 atom stereocenters. The van der Waals surface area contributed by atoms with Crippen LogP contribution in [-0.2, 0) is 14.3 Å². The number of nitrogens with one attached hydrogen (secondary N) is 1. The number of benzene rings is 2. The summed E-state index contributed by atoms with van der Waals surface area (Å²) in [4.78, 5) is 24.6. The van der Waals surface area contributed by atoms with Crippen LogP contribution in [0.15, 0.2) is 48.0 Å². The van der Waals surface area contributed by atoms with Gasteiger partial charge in [0.25, 0.3) is 5.91 Å². The maximum Gasteiger partial charge on any atom is 0.349 e. The molecular formula is C21H19ClN2O5. The molecule has 2 aromatic carbocycles. The molecule has 7 nitrogen and oxygen atoms in total. The Morgan fingerprint density at radius 3 is 2.41 bits per heavy atom. The molecule has 0 heterocycles. The third-order valence-electron chi connectivity index (χ3n) is 3.84. The van der Waals surface area contributed by atoms with Gasteiger partial charge >= 0.3 is 5.97 Å². The second kappa shape index (κ2) is 10.2. The maximum atomic E-state index is 12.4. The van der Waals surface area contributed by atoms with Crippen molar-refractivity contribution < 1.29 is 23.8 Å². The van der Waals surface area contributed by atoms with Crippen molar-refractivity contribution in [2.75, 3.05) is 19.5 Å². The van der Waals surface area contributed by atoms with Crippen LogP contribution in [0.25, 0.3) is 6.08 Å². The van der Waals surface area contributed by atoms with Crippen molar-refractivity contribution in [3.63, 3.8) is 0 Å². The number of hydrogen-bond donors (Lipinski definition) is 1. The normalized spacial score (nSPS) is 11.8. The number of nitrogens with zero attached hydrogens (tertiary/aromatic N) is 1. The standard InChI is InChI=1S/C21H19ClN2O5/c1-13(20(25)24-18-11-16(22)6-9-19(18)28-3)29-21(26)15(12-23)10-14-4-7-17(27-2)8-5-14/h4-11,13H,1-3H3,(H,24,25)/b15-10+/t13-/m1/s1. The number of carbonyl (C=O) groups excluding carboxylic acids is 2. The number of nitriles is 1. The Labute approximate surface area is 173 Å². The van der Waals surface area contributed by atoms with Gasteiger partial charge in [0.05, 0.1) is 19.9 Å². The quantitative estimate of drug-likeness (QED) is 0.420. The summed E-state index contributed by atoms with van der Waals surface area (Å²) in [5.41, 5.74) is 0.706. The first-order valence-electron chi connectivity index (χ1n) is 8.49. The van der Waals surface area contributed by atoms with Gasteiger partial charge in [-0.15, -0.1) is 0 Å². The summed E-state index contributed by atoms with van der Waals surface area (Å²) < 4.78 is 15.3. The molecule has 1 N–H and O–H groups in total. The molecule has 0 aliphatic rings. The first kappa shape index (κ1) is 21.8. The molecule has 0 saturated carbocycles. The molecule has 0 aliphatic carbocycles. The highest BCUT2D eigenvalue weighted by atomic mass is 35.5. The zero-order chi connectivity index (χ0) is 21.4. The van der Waals surface area contributed by atoms with E-state index in [4.69, 9.17) is 25.8 Å². The minimum Gasteiger partial charge on any atom is -0.497 e. The van der Waals surface area contributed by atoms with Gasteiger partial charge in [-0.2, -0.15) is 5.26 Å². The summed E-state index contributed by atoms with van der Waals surface area (Å²) in [6.07, 6.45) is 0.214. The van der Waals surface area contributed by atoms with Crippen molar-refractivity contribution in [2.24, 2.45) is 0 Å². The molecule has 0 bridgehead atoms. The van der Waals surface area contributed by atoms with E-state index in [0.717, 1.165) is 0 Å². The molecule has 0 aromatic heterocycles. The van der Waals surface area contributed by atoms with Crippen molar-refractivity contribution in [3.8, 4) is 17.6 Å². The van der Waals surface area contributed by atoms with E-state index in [1.165, 1.54) is 33.3 Å². The van der Waals surface area contributed by atoms with Crippen LogP contribution < -0.4 is 14.8 Å². The number of methoxy groups -OCH3 is 2. The molecule has 0 radical (unpaired) electrons. The lowest BCUT2D eigenvalue weighted by atomic mass is 10.1. The fourth-order valence-electron chi connectivity index (χ4n) is 2.29. The van der Waals surface area contributed by atoms with Gasteiger partial charge in [0.2, 0.25) is 0 Å². The van der Waals surface area contributed by atoms with Crippen molar-refractivity contribution in [3.05, 3.63) is 58.6 Å². The van der Waals surface area contributed by atoms with E-state index < -0.39 is 18.0 Å². The maximum absolute atomic E-state index is 12.4. The first-order chi connectivity index (χ1) is 13.9. The average molecular weight is 415 g/mol. The molecule has 29 heavy (non-hydrogen) atoms. The molecule has 2 aromatic rings. The van der Waals surface area contributed by atoms with E-state index in [9.17, 15) is 14.9 Å². The van der Waals surface area contributed by atoms with Crippen LogP contribution in [0.5, 0.6) is 11.5 Å². The van der Waals surface area contributed by atoms with Gasteiger partial charge in [-0.1, -0.05) is 23.7 Å². The highest BCUT2D eigenvalue weighted by molar-refractivity contribution is 6.31. The fraction of sp³-hybridized carbons (Fsp3) is 0.190. The number of hydrogen-bond acceptors (Lipinski definition) is 6. The zero-order valence-electron chi connectivity index (χ0n) is 16.1. The van der Waals surface area contributed by atoms with Gasteiger partial charge in [-0.25, -0.2) is 4.79 Å². The molecule has 2 rings (SSSR count). The average Bonchev–Trinajstić information content (AvgIpc) is 2.72. The van der Waals surface area contributed by atoms with E-state index in [1.54, 1.807) is 42.5 Å². The van der Waals surface area contributed by atoms with Crippen LogP contribution in [0.4, 0.5) is 5.69 Å². The zero-order valence-corrected chi connectivity index (χ0v) is 16.8. The summed E-state index contributed by atoms with van der Waals surface area (Å²) in [7, 11) is 2.99. The fourth-order valence-corrected chi connectivity index (χ4v) is 2.47. The second-order valence-electron chi connectivity index (χ2n) is 5.82. The summed E-state index contributed by atoms with van der Waals surface area (Å²) in [5.74, 6) is -0.465. The van der Waals surface area contributed by atoms with Crippen molar-refractivity contribution in [1.29, 1.82) is 5.26 Å². The van der Waals surface area contributed by atoms with E-state index in [0.29, 0.717) is 27.8 Å². The smallest absolute Gasteiger partial charge is 0.349 e. The van der Waals surface area contributed by atoms with Crippen molar-refractivity contribution >= 4 is 35.2 Å². The topological polar surface area (TPSA) is 97.6 Å². The third kappa shape index (κ3) is 5.99. The molecule has 0 saturated heterocycles. The minimum atomic E-state index is -1.15. The van der Waals surface area contributed by atoms with Gasteiger partial charge in [0, 0.05) is 5.02 Å². The second-order valence-corrected chi connectivity index (χ2v) is 6.26. The summed E-state index contributed by atoms with van der Waals surface area (Å²) >= 11 is 5.93. The van der Waals surface area contributed by atoms with Crippen LogP contribution >= 0.6 is 11.6 Å². The van der Waals surface area contributed by atoms with E-state index in [2.05, 4.69) is 5.32 Å². The number of anilines is 1. The lowest BCUT2D eigenvalue weighted by Gasteiger charge is -2.15. The number of halogens is 1. The van der Waals surface area contributed by atoms with Gasteiger partial charge in [0.15, 0.2) is 6.10 Å². The number of amides is 1. The molecule has 0 unspecified atom stereocenters. The molecule has 1 amide bonds. The monoisotopic (exact) mass is 414 g/mol. The third-order valence-corrected chi connectivity index (χ3v) is 4.07. The Balaban J connectivity index is 2.07. The lowest BCUT2D eigenvalue weighted by molar-refractivity contribution is -0.148. The number of esters is 1. The Morgan fingerprint density at radius 2 is 1.83 bits per heavy atom. The summed E-state index contributed by atoms with van der Waals surface area (Å²) in [6.45, 7) is 1.40. The minimum absolute atomic E-state index is 0.241. The molecule has 150 valence electrons.